The molecule has 1 aliphatic carbocycles. The molecule has 2 aromatic carbocycles. The van der Waals surface area contributed by atoms with Crippen LogP contribution in [0, 0.1) is 5.82 Å². The fraction of sp³-hybridized carbons (Fsp3) is 0.321. The molecule has 6 nitrogen and oxygen atoms in total. The number of benzene rings is 2. The zero-order chi connectivity index (χ0) is 26.4. The minimum absolute atomic E-state index is 0.215. The zero-order valence-electron chi connectivity index (χ0n) is 20.8. The summed E-state index contributed by atoms with van der Waals surface area (Å²) in [5, 5.41) is 5.88. The van der Waals surface area contributed by atoms with Crippen LogP contribution in [0.25, 0.3) is 0 Å². The number of thioether (sulfide) groups is 1. The molecule has 0 spiro atoms. The van der Waals surface area contributed by atoms with Crippen molar-refractivity contribution in [2.75, 3.05) is 17.2 Å². The van der Waals surface area contributed by atoms with Gasteiger partial charge in [0.25, 0.3) is 5.91 Å². The van der Waals surface area contributed by atoms with E-state index in [4.69, 9.17) is 4.74 Å². The third kappa shape index (κ3) is 6.78. The lowest BCUT2D eigenvalue weighted by Crippen LogP contribution is -2.23. The van der Waals surface area contributed by atoms with Gasteiger partial charge in [-0.25, -0.2) is 9.18 Å². The smallest absolute Gasteiger partial charge is 0.341 e. The first-order valence-electron chi connectivity index (χ1n) is 12.3. The Morgan fingerprint density at radius 1 is 1.05 bits per heavy atom. The van der Waals surface area contributed by atoms with Crippen LogP contribution in [0.15, 0.2) is 53.4 Å². The van der Waals surface area contributed by atoms with Crippen molar-refractivity contribution in [1.82, 2.24) is 0 Å². The summed E-state index contributed by atoms with van der Waals surface area (Å²) in [6.45, 7) is 3.85. The van der Waals surface area contributed by atoms with Crippen LogP contribution < -0.4 is 10.6 Å². The zero-order valence-corrected chi connectivity index (χ0v) is 22.4. The van der Waals surface area contributed by atoms with Gasteiger partial charge in [-0.15, -0.1) is 23.1 Å². The number of nitrogens with one attached hydrogen (secondary N) is 2. The number of anilines is 2. The van der Waals surface area contributed by atoms with E-state index in [9.17, 15) is 18.8 Å². The van der Waals surface area contributed by atoms with Crippen LogP contribution >= 0.6 is 23.1 Å². The van der Waals surface area contributed by atoms with Crippen molar-refractivity contribution in [2.24, 2.45) is 0 Å². The number of amides is 2. The molecule has 0 saturated heterocycles. The highest BCUT2D eigenvalue weighted by Gasteiger charge is 2.27. The minimum atomic E-state index is -0.458. The largest absolute Gasteiger partial charge is 0.462 e. The highest BCUT2D eigenvalue weighted by molar-refractivity contribution is 8.00. The maximum Gasteiger partial charge on any atom is 0.341 e. The van der Waals surface area contributed by atoms with E-state index in [2.05, 4.69) is 10.6 Å². The second-order valence-corrected chi connectivity index (χ2v) is 11.2. The summed E-state index contributed by atoms with van der Waals surface area (Å²) in [5.74, 6) is -1.36. The molecule has 9 heteroatoms. The molecule has 1 aliphatic rings. The molecule has 2 amide bonds. The van der Waals surface area contributed by atoms with Crippen LogP contribution in [0.3, 0.4) is 0 Å². The first-order valence-corrected chi connectivity index (χ1v) is 14.0. The van der Waals surface area contributed by atoms with Gasteiger partial charge in [-0.1, -0.05) is 12.5 Å². The van der Waals surface area contributed by atoms with Crippen molar-refractivity contribution < 1.29 is 23.5 Å². The van der Waals surface area contributed by atoms with Gasteiger partial charge in [-0.05, 0) is 87.6 Å². The molecular formula is C28H29FN2O4S2. The second-order valence-electron chi connectivity index (χ2n) is 8.73. The predicted octanol–water partition coefficient (Wildman–Crippen LogP) is 6.70. The van der Waals surface area contributed by atoms with E-state index in [0.29, 0.717) is 21.8 Å². The summed E-state index contributed by atoms with van der Waals surface area (Å²) >= 11 is 2.82. The molecule has 4 rings (SSSR count). The standard InChI is InChI=1S/C28H29FN2O4S2/c1-3-35-28(34)24-22-10-5-4-6-11-23(22)37-27(24)31-25(32)17(2)36-21-9-7-8-20(16-21)30-26(33)18-12-14-19(29)15-13-18/h7-9,12-17H,3-6,10-11H2,1-2H3,(H,30,33)(H,31,32). The summed E-state index contributed by atoms with van der Waals surface area (Å²) < 4.78 is 18.4. The Bertz CT molecular complexity index is 1290. The van der Waals surface area contributed by atoms with Crippen molar-refractivity contribution >= 4 is 51.6 Å². The van der Waals surface area contributed by atoms with Crippen LogP contribution in [0.5, 0.6) is 0 Å². The number of rotatable bonds is 8. The van der Waals surface area contributed by atoms with E-state index in [1.165, 1.54) is 47.4 Å². The first kappa shape index (κ1) is 26.9. The SMILES string of the molecule is CCOC(=O)c1c(NC(=O)C(C)Sc2cccc(NC(=O)c3ccc(F)cc3)c2)sc2c1CCCCC2. The van der Waals surface area contributed by atoms with Gasteiger partial charge < -0.3 is 15.4 Å². The summed E-state index contributed by atoms with van der Waals surface area (Å²) in [4.78, 5) is 40.3. The van der Waals surface area contributed by atoms with Gasteiger partial charge >= 0.3 is 5.97 Å². The first-order chi connectivity index (χ1) is 17.9. The fourth-order valence-electron chi connectivity index (χ4n) is 4.17. The molecule has 1 atom stereocenters. The molecule has 0 saturated carbocycles. The van der Waals surface area contributed by atoms with Gasteiger partial charge in [0.15, 0.2) is 0 Å². The summed E-state index contributed by atoms with van der Waals surface area (Å²) in [7, 11) is 0. The maximum atomic E-state index is 13.1. The number of fused-ring (bicyclic) bond motifs is 1. The van der Waals surface area contributed by atoms with E-state index in [1.54, 1.807) is 32.0 Å². The van der Waals surface area contributed by atoms with Crippen LogP contribution in [-0.2, 0) is 22.4 Å². The highest BCUT2D eigenvalue weighted by atomic mass is 32.2. The summed E-state index contributed by atoms with van der Waals surface area (Å²) in [5.41, 5.74) is 2.43. The maximum absolute atomic E-state index is 13.1. The van der Waals surface area contributed by atoms with Crippen LogP contribution in [0.2, 0.25) is 0 Å². The van der Waals surface area contributed by atoms with E-state index >= 15 is 0 Å². The van der Waals surface area contributed by atoms with Crippen molar-refractivity contribution in [1.29, 1.82) is 0 Å². The molecule has 194 valence electrons. The Morgan fingerprint density at radius 3 is 2.57 bits per heavy atom. The van der Waals surface area contributed by atoms with Crippen molar-refractivity contribution in [3.05, 3.63) is 75.9 Å². The fourth-order valence-corrected chi connectivity index (χ4v) is 6.38. The Hall–Kier alpha value is -3.17. The molecule has 0 radical (unpaired) electrons. The topological polar surface area (TPSA) is 84.5 Å². The monoisotopic (exact) mass is 540 g/mol. The minimum Gasteiger partial charge on any atom is -0.462 e. The van der Waals surface area contributed by atoms with Crippen LogP contribution in [-0.4, -0.2) is 29.6 Å². The quantitative estimate of drug-likeness (QED) is 0.189. The molecule has 3 aromatic rings. The number of hydrogen-bond acceptors (Lipinski definition) is 6. The Balaban J connectivity index is 1.44. The highest BCUT2D eigenvalue weighted by Crippen LogP contribution is 2.38. The average Bonchev–Trinajstić information content (AvgIpc) is 3.04. The number of ether oxygens (including phenoxy) is 1. The van der Waals surface area contributed by atoms with Gasteiger partial charge in [0.05, 0.1) is 17.4 Å². The van der Waals surface area contributed by atoms with Crippen molar-refractivity contribution in [3.8, 4) is 0 Å². The van der Waals surface area contributed by atoms with Gasteiger partial charge in [0.2, 0.25) is 5.91 Å². The molecule has 0 fully saturated rings. The number of aryl methyl sites for hydroxylation is 1. The lowest BCUT2D eigenvalue weighted by molar-refractivity contribution is -0.115. The van der Waals surface area contributed by atoms with Crippen molar-refractivity contribution in [3.63, 3.8) is 0 Å². The molecular weight excluding hydrogens is 511 g/mol. The van der Waals surface area contributed by atoms with E-state index in [0.717, 1.165) is 47.4 Å². The number of hydrogen-bond donors (Lipinski definition) is 2. The normalized spacial score (nSPS) is 13.7. The van der Waals surface area contributed by atoms with E-state index in [-0.39, 0.29) is 24.4 Å². The number of carbonyl (C=O) groups is 3. The molecule has 1 unspecified atom stereocenters. The number of thiophene rings is 1. The molecule has 1 aromatic heterocycles. The second kappa shape index (κ2) is 12.4. The number of carbonyl (C=O) groups excluding carboxylic acids is 3. The predicted molar refractivity (Wildman–Crippen MR) is 146 cm³/mol. The molecule has 1 heterocycles. The number of esters is 1. The Labute approximate surface area is 224 Å². The Kier molecular flexibility index (Phi) is 9.00. The average molecular weight is 541 g/mol. The van der Waals surface area contributed by atoms with Crippen molar-refractivity contribution in [2.45, 2.75) is 56.1 Å². The van der Waals surface area contributed by atoms with Gasteiger partial charge in [-0.3, -0.25) is 9.59 Å². The summed E-state index contributed by atoms with van der Waals surface area (Å²) in [6.07, 6.45) is 4.94. The Morgan fingerprint density at radius 2 is 1.81 bits per heavy atom. The lowest BCUT2D eigenvalue weighted by Gasteiger charge is -2.14. The van der Waals surface area contributed by atoms with E-state index in [1.807, 2.05) is 6.07 Å². The van der Waals surface area contributed by atoms with Gasteiger partial charge in [-0.2, -0.15) is 0 Å². The van der Waals surface area contributed by atoms with Crippen LogP contribution in [0.4, 0.5) is 15.1 Å². The van der Waals surface area contributed by atoms with Gasteiger partial charge in [0, 0.05) is 21.0 Å². The molecule has 37 heavy (non-hydrogen) atoms. The molecule has 0 bridgehead atoms. The lowest BCUT2D eigenvalue weighted by atomic mass is 10.1. The molecule has 2 N–H and O–H groups in total. The summed E-state index contributed by atoms with van der Waals surface area (Å²) in [6, 6.07) is 12.5. The van der Waals surface area contributed by atoms with E-state index < -0.39 is 11.1 Å². The number of halogens is 1. The van der Waals surface area contributed by atoms with Crippen LogP contribution in [0.1, 0.15) is 64.3 Å². The third-order valence-electron chi connectivity index (χ3n) is 6.02. The van der Waals surface area contributed by atoms with Gasteiger partial charge in [0.1, 0.15) is 10.8 Å². The third-order valence-corrected chi connectivity index (χ3v) is 8.32. The molecule has 0 aliphatic heterocycles.